The zero-order valence-corrected chi connectivity index (χ0v) is 15.9. The first-order valence-electron chi connectivity index (χ1n) is 9.57. The van der Waals surface area contributed by atoms with E-state index in [2.05, 4.69) is 25.9 Å². The third kappa shape index (κ3) is 1.97. The number of allylic oxidation sites excluding steroid dienone is 2. The fourth-order valence-corrected chi connectivity index (χ4v) is 7.44. The molecule has 0 amide bonds. The first-order valence-corrected chi connectivity index (χ1v) is 9.95. The molecule has 2 N–H and O–H groups in total. The van der Waals surface area contributed by atoms with E-state index >= 15 is 0 Å². The fourth-order valence-electron chi connectivity index (χ4n) is 7.00. The molecule has 4 heteroatoms. The Morgan fingerprint density at radius 2 is 1.71 bits per heavy atom. The molecule has 0 bridgehead atoms. The van der Waals surface area contributed by atoms with Gasteiger partial charge in [0.05, 0.1) is 16.3 Å². The van der Waals surface area contributed by atoms with Crippen LogP contribution >= 0.6 is 11.6 Å². The highest BCUT2D eigenvalue weighted by atomic mass is 35.5. The molecule has 24 heavy (non-hydrogen) atoms. The Morgan fingerprint density at radius 1 is 1.00 bits per heavy atom. The van der Waals surface area contributed by atoms with E-state index in [4.69, 9.17) is 11.6 Å². The van der Waals surface area contributed by atoms with Gasteiger partial charge in [0.15, 0.2) is 0 Å². The summed E-state index contributed by atoms with van der Waals surface area (Å²) in [7, 11) is 0. The molecule has 0 aromatic carbocycles. The van der Waals surface area contributed by atoms with Gasteiger partial charge in [0, 0.05) is 0 Å². The number of nitrogens with zero attached hydrogens (tertiary/aromatic N) is 1. The lowest BCUT2D eigenvalue weighted by Crippen LogP contribution is -2.54. The average Bonchev–Trinajstić information content (AvgIpc) is 2.78. The molecule has 3 fully saturated rings. The largest absolute Gasteiger partial charge is 0.411 e. The molecule has 3 nitrogen and oxygen atoms in total. The van der Waals surface area contributed by atoms with Crippen molar-refractivity contribution in [3.8, 4) is 0 Å². The molecule has 0 aromatic rings. The second-order valence-electron chi connectivity index (χ2n) is 9.44. The molecule has 4 aliphatic carbocycles. The SMILES string of the molecule is C[C@]12CC/C(=N\O)C(Cl)=C1CC[C@@H]1[C@@H]2CC[C@@]2(C)[C@H]1CC[C@]2(C)O. The maximum atomic E-state index is 11.0. The minimum Gasteiger partial charge on any atom is -0.411 e. The second-order valence-corrected chi connectivity index (χ2v) is 9.82. The predicted octanol–water partition coefficient (Wildman–Crippen LogP) is 5.10. The summed E-state index contributed by atoms with van der Waals surface area (Å²) in [5.74, 6) is 1.99. The third-order valence-corrected chi connectivity index (χ3v) is 9.20. The second kappa shape index (κ2) is 5.23. The van der Waals surface area contributed by atoms with E-state index in [1.807, 2.05) is 0 Å². The molecular formula is C20H30ClNO2. The molecule has 0 aromatic heterocycles. The minimum atomic E-state index is -0.513. The molecule has 134 valence electrons. The van der Waals surface area contributed by atoms with Gasteiger partial charge in [-0.2, -0.15) is 0 Å². The van der Waals surface area contributed by atoms with E-state index in [0.717, 1.165) is 43.6 Å². The van der Waals surface area contributed by atoms with E-state index in [1.165, 1.54) is 18.4 Å². The van der Waals surface area contributed by atoms with Crippen LogP contribution < -0.4 is 0 Å². The lowest BCUT2D eigenvalue weighted by molar-refractivity contribution is -0.117. The standard InChI is InChI=1S/C20H30ClNO2/c1-18-9-8-16(22-24)17(21)15(18)5-4-12-13(18)6-10-19(2)14(12)7-11-20(19,3)23/h12-14,23-24H,4-11H2,1-3H3/b22-16+/t12-,13+,14+,18-,19+,20+/m1/s1. The van der Waals surface area contributed by atoms with Crippen LogP contribution in [0, 0.1) is 28.6 Å². The van der Waals surface area contributed by atoms with Crippen molar-refractivity contribution < 1.29 is 10.3 Å². The van der Waals surface area contributed by atoms with Gasteiger partial charge in [0.25, 0.3) is 0 Å². The molecule has 4 rings (SSSR count). The molecule has 0 aliphatic heterocycles. The van der Waals surface area contributed by atoms with E-state index in [1.54, 1.807) is 0 Å². The van der Waals surface area contributed by atoms with Crippen molar-refractivity contribution in [2.75, 3.05) is 0 Å². The Bertz CT molecular complexity index is 625. The Kier molecular flexibility index (Phi) is 3.69. The molecular weight excluding hydrogens is 322 g/mol. The van der Waals surface area contributed by atoms with E-state index in [0.29, 0.717) is 23.5 Å². The van der Waals surface area contributed by atoms with Crippen LogP contribution in [-0.4, -0.2) is 21.6 Å². The molecule has 0 unspecified atom stereocenters. The summed E-state index contributed by atoms with van der Waals surface area (Å²) in [5.41, 5.74) is 1.71. The lowest BCUT2D eigenvalue weighted by Gasteiger charge is -2.59. The minimum absolute atomic E-state index is 0.0714. The molecule has 0 radical (unpaired) electrons. The quantitative estimate of drug-likeness (QED) is 0.471. The van der Waals surface area contributed by atoms with Crippen LogP contribution in [0.3, 0.4) is 0 Å². The van der Waals surface area contributed by atoms with Crippen molar-refractivity contribution in [2.24, 2.45) is 33.7 Å². The third-order valence-electron chi connectivity index (χ3n) is 8.75. The zero-order valence-electron chi connectivity index (χ0n) is 15.1. The highest BCUT2D eigenvalue weighted by Gasteiger charge is 2.62. The van der Waals surface area contributed by atoms with Crippen molar-refractivity contribution in [1.82, 2.24) is 0 Å². The molecule has 0 saturated heterocycles. The maximum Gasteiger partial charge on any atom is 0.0981 e. The highest BCUT2D eigenvalue weighted by Crippen LogP contribution is 2.67. The lowest BCUT2D eigenvalue weighted by atomic mass is 9.46. The summed E-state index contributed by atoms with van der Waals surface area (Å²) in [6.45, 7) is 6.79. The Balaban J connectivity index is 1.72. The topological polar surface area (TPSA) is 52.8 Å². The first kappa shape index (κ1) is 16.9. The van der Waals surface area contributed by atoms with Gasteiger partial charge >= 0.3 is 0 Å². The number of oxime groups is 1. The molecule has 3 saturated carbocycles. The molecule has 0 spiro atoms. The van der Waals surface area contributed by atoms with Crippen molar-refractivity contribution in [3.05, 3.63) is 10.6 Å². The summed E-state index contributed by atoms with van der Waals surface area (Å²) >= 11 is 6.61. The summed E-state index contributed by atoms with van der Waals surface area (Å²) in [6, 6.07) is 0. The van der Waals surface area contributed by atoms with E-state index in [-0.39, 0.29) is 10.8 Å². The number of fused-ring (bicyclic) bond motifs is 5. The van der Waals surface area contributed by atoms with Crippen LogP contribution in [-0.2, 0) is 0 Å². The summed E-state index contributed by atoms with van der Waals surface area (Å²) in [6.07, 6.45) is 8.41. The van der Waals surface area contributed by atoms with Crippen LogP contribution in [0.5, 0.6) is 0 Å². The summed E-state index contributed by atoms with van der Waals surface area (Å²) < 4.78 is 0. The fraction of sp³-hybridized carbons (Fsp3) is 0.850. The van der Waals surface area contributed by atoms with Crippen molar-refractivity contribution in [2.45, 2.75) is 77.7 Å². The van der Waals surface area contributed by atoms with Crippen LogP contribution in [0.2, 0.25) is 0 Å². The van der Waals surface area contributed by atoms with E-state index in [9.17, 15) is 10.3 Å². The highest BCUT2D eigenvalue weighted by molar-refractivity contribution is 6.44. The number of rotatable bonds is 0. The molecule has 6 atom stereocenters. The van der Waals surface area contributed by atoms with E-state index < -0.39 is 5.60 Å². The predicted molar refractivity (Wildman–Crippen MR) is 96.3 cm³/mol. The normalized spacial score (nSPS) is 52.9. The number of hydrogen-bond donors (Lipinski definition) is 2. The van der Waals surface area contributed by atoms with Gasteiger partial charge in [-0.1, -0.05) is 30.6 Å². The van der Waals surface area contributed by atoms with Gasteiger partial charge in [0.2, 0.25) is 0 Å². The van der Waals surface area contributed by atoms with Crippen molar-refractivity contribution in [3.63, 3.8) is 0 Å². The van der Waals surface area contributed by atoms with Crippen LogP contribution in [0.15, 0.2) is 15.8 Å². The van der Waals surface area contributed by atoms with Crippen LogP contribution in [0.25, 0.3) is 0 Å². The van der Waals surface area contributed by atoms with Crippen LogP contribution in [0.1, 0.15) is 72.1 Å². The smallest absolute Gasteiger partial charge is 0.0981 e. The van der Waals surface area contributed by atoms with Gasteiger partial charge in [-0.15, -0.1) is 0 Å². The number of hydrogen-bond acceptors (Lipinski definition) is 3. The molecule has 0 heterocycles. The Hall–Kier alpha value is -0.540. The Labute approximate surface area is 150 Å². The zero-order chi connectivity index (χ0) is 17.3. The Morgan fingerprint density at radius 3 is 2.42 bits per heavy atom. The molecule has 4 aliphatic rings. The summed E-state index contributed by atoms with van der Waals surface area (Å²) in [5, 5.41) is 24.4. The van der Waals surface area contributed by atoms with Crippen molar-refractivity contribution in [1.29, 1.82) is 0 Å². The monoisotopic (exact) mass is 351 g/mol. The van der Waals surface area contributed by atoms with Crippen molar-refractivity contribution >= 4 is 17.3 Å². The van der Waals surface area contributed by atoms with Gasteiger partial charge in [-0.05, 0) is 92.4 Å². The van der Waals surface area contributed by atoms with Gasteiger partial charge in [-0.25, -0.2) is 0 Å². The average molecular weight is 352 g/mol. The van der Waals surface area contributed by atoms with Crippen LogP contribution in [0.4, 0.5) is 0 Å². The van der Waals surface area contributed by atoms with Gasteiger partial charge in [-0.3, -0.25) is 0 Å². The van der Waals surface area contributed by atoms with Gasteiger partial charge < -0.3 is 10.3 Å². The number of aliphatic hydroxyl groups is 1. The number of halogens is 1. The first-order chi connectivity index (χ1) is 11.2. The maximum absolute atomic E-state index is 11.0. The van der Waals surface area contributed by atoms with Gasteiger partial charge in [0.1, 0.15) is 0 Å². The summed E-state index contributed by atoms with van der Waals surface area (Å²) in [4.78, 5) is 0.